The van der Waals surface area contributed by atoms with Crippen molar-refractivity contribution < 1.29 is 9.50 Å². The number of rotatable bonds is 6. The van der Waals surface area contributed by atoms with Crippen molar-refractivity contribution in [3.63, 3.8) is 0 Å². The van der Waals surface area contributed by atoms with Gasteiger partial charge in [-0.2, -0.15) is 0 Å². The Hall–Kier alpha value is -1.01. The minimum atomic E-state index is -0.352. The van der Waals surface area contributed by atoms with Gasteiger partial charge in [0, 0.05) is 12.6 Å². The Kier molecular flexibility index (Phi) is 5.70. The summed E-state index contributed by atoms with van der Waals surface area (Å²) >= 11 is 7.32. The highest BCUT2D eigenvalue weighted by Gasteiger charge is 2.14. The molecule has 0 saturated heterocycles. The van der Waals surface area contributed by atoms with E-state index in [1.165, 1.54) is 17.4 Å². The molecule has 0 aliphatic heterocycles. The smallest absolute Gasteiger partial charge is 0.146 e. The Bertz CT molecular complexity index is 603. The zero-order valence-corrected chi connectivity index (χ0v) is 13.5. The summed E-state index contributed by atoms with van der Waals surface area (Å²) in [6.45, 7) is 4.30. The van der Waals surface area contributed by atoms with Crippen LogP contribution in [0.4, 0.5) is 4.39 Å². The van der Waals surface area contributed by atoms with E-state index in [0.717, 1.165) is 4.88 Å². The number of aliphatic hydroxyl groups is 1. The lowest BCUT2D eigenvalue weighted by molar-refractivity contribution is 0.209. The molecule has 2 rings (SSSR count). The molecule has 0 aliphatic rings. The van der Waals surface area contributed by atoms with Crippen LogP contribution < -0.4 is 5.32 Å². The van der Waals surface area contributed by atoms with Gasteiger partial charge in [-0.05, 0) is 30.2 Å². The summed E-state index contributed by atoms with van der Waals surface area (Å²) < 4.78 is 14.5. The first-order valence-corrected chi connectivity index (χ1v) is 7.96. The minimum Gasteiger partial charge on any atom is -0.395 e. The third-order valence-electron chi connectivity index (χ3n) is 3.28. The summed E-state index contributed by atoms with van der Waals surface area (Å²) in [6, 6.07) is 6.65. The van der Waals surface area contributed by atoms with Crippen molar-refractivity contribution in [3.05, 3.63) is 40.1 Å². The number of hydrogen-bond acceptors (Lipinski definition) is 4. The SMILES string of the molecule is CC(C)[C@H](CO)NCc1nc(-c2ccc(Cl)s2)ccc1F. The van der Waals surface area contributed by atoms with Crippen molar-refractivity contribution in [2.45, 2.75) is 26.4 Å². The van der Waals surface area contributed by atoms with E-state index in [-0.39, 0.29) is 30.9 Å². The molecule has 6 heteroatoms. The molecule has 0 radical (unpaired) electrons. The van der Waals surface area contributed by atoms with Crippen LogP contribution in [0.15, 0.2) is 24.3 Å². The van der Waals surface area contributed by atoms with Gasteiger partial charge < -0.3 is 10.4 Å². The maximum atomic E-state index is 13.9. The van der Waals surface area contributed by atoms with E-state index in [9.17, 15) is 9.50 Å². The number of hydrogen-bond donors (Lipinski definition) is 2. The van der Waals surface area contributed by atoms with Crippen LogP contribution in [-0.2, 0) is 6.54 Å². The summed E-state index contributed by atoms with van der Waals surface area (Å²) in [5, 5.41) is 12.4. The molecular formula is C15H18ClFN2OS. The van der Waals surface area contributed by atoms with E-state index < -0.39 is 0 Å². The highest BCUT2D eigenvalue weighted by atomic mass is 35.5. The summed E-state index contributed by atoms with van der Waals surface area (Å²) in [7, 11) is 0. The largest absolute Gasteiger partial charge is 0.395 e. The average Bonchev–Trinajstić information content (AvgIpc) is 2.87. The molecule has 0 amide bonds. The van der Waals surface area contributed by atoms with E-state index in [4.69, 9.17) is 11.6 Å². The van der Waals surface area contributed by atoms with Crippen LogP contribution in [0.5, 0.6) is 0 Å². The molecule has 0 bridgehead atoms. The molecule has 0 unspecified atom stereocenters. The average molecular weight is 329 g/mol. The van der Waals surface area contributed by atoms with Crippen LogP contribution in [0.3, 0.4) is 0 Å². The maximum Gasteiger partial charge on any atom is 0.146 e. The molecule has 114 valence electrons. The van der Waals surface area contributed by atoms with E-state index in [1.54, 1.807) is 12.1 Å². The van der Waals surface area contributed by atoms with Crippen LogP contribution in [0.2, 0.25) is 4.34 Å². The molecule has 3 nitrogen and oxygen atoms in total. The Labute approximate surface area is 132 Å². The molecule has 0 aromatic carbocycles. The lowest BCUT2D eigenvalue weighted by atomic mass is 10.1. The van der Waals surface area contributed by atoms with E-state index in [0.29, 0.717) is 15.7 Å². The predicted octanol–water partition coefficient (Wildman–Crippen LogP) is 3.71. The Morgan fingerprint density at radius 2 is 2.10 bits per heavy atom. The van der Waals surface area contributed by atoms with Crippen molar-refractivity contribution in [1.82, 2.24) is 10.3 Å². The quantitative estimate of drug-likeness (QED) is 0.849. The summed E-state index contributed by atoms with van der Waals surface area (Å²) in [4.78, 5) is 5.26. The van der Waals surface area contributed by atoms with Crippen molar-refractivity contribution >= 4 is 22.9 Å². The lowest BCUT2D eigenvalue weighted by Gasteiger charge is -2.19. The first-order chi connectivity index (χ1) is 10.0. The van der Waals surface area contributed by atoms with E-state index >= 15 is 0 Å². The van der Waals surface area contributed by atoms with Crippen molar-refractivity contribution in [2.75, 3.05) is 6.61 Å². The zero-order chi connectivity index (χ0) is 15.4. The third-order valence-corrected chi connectivity index (χ3v) is 4.53. The minimum absolute atomic E-state index is 0.0134. The molecule has 0 aliphatic carbocycles. The fraction of sp³-hybridized carbons (Fsp3) is 0.400. The normalized spacial score (nSPS) is 12.9. The zero-order valence-electron chi connectivity index (χ0n) is 11.9. The molecule has 2 heterocycles. The van der Waals surface area contributed by atoms with Crippen LogP contribution in [-0.4, -0.2) is 22.7 Å². The molecule has 2 N–H and O–H groups in total. The fourth-order valence-corrected chi connectivity index (χ4v) is 2.95. The predicted molar refractivity (Wildman–Crippen MR) is 85.1 cm³/mol. The first-order valence-electron chi connectivity index (χ1n) is 6.76. The van der Waals surface area contributed by atoms with Gasteiger partial charge in [0.2, 0.25) is 0 Å². The standard InChI is InChI=1S/C15H18ClFN2OS/c1-9(2)13(8-20)18-7-12-10(17)3-4-11(19-12)14-5-6-15(16)21-14/h3-6,9,13,18,20H,7-8H2,1-2H3/t13-/m0/s1. The van der Waals surface area contributed by atoms with Gasteiger partial charge in [0.15, 0.2) is 0 Å². The Balaban J connectivity index is 2.16. The van der Waals surface area contributed by atoms with Crippen molar-refractivity contribution in [2.24, 2.45) is 5.92 Å². The first kappa shape index (κ1) is 16.4. The fourth-order valence-electron chi connectivity index (χ4n) is 1.94. The highest BCUT2D eigenvalue weighted by Crippen LogP contribution is 2.30. The lowest BCUT2D eigenvalue weighted by Crippen LogP contribution is -2.36. The van der Waals surface area contributed by atoms with Crippen molar-refractivity contribution in [1.29, 1.82) is 0 Å². The van der Waals surface area contributed by atoms with Gasteiger partial charge in [-0.1, -0.05) is 25.4 Å². The number of pyridine rings is 1. The molecule has 0 spiro atoms. The number of nitrogens with one attached hydrogen (secondary N) is 1. The van der Waals surface area contributed by atoms with Crippen LogP contribution in [0, 0.1) is 11.7 Å². The molecule has 2 aromatic heterocycles. The Morgan fingerprint density at radius 3 is 2.67 bits per heavy atom. The Morgan fingerprint density at radius 1 is 1.33 bits per heavy atom. The molecule has 2 aromatic rings. The van der Waals surface area contributed by atoms with Gasteiger partial charge in [-0.25, -0.2) is 9.37 Å². The summed E-state index contributed by atoms with van der Waals surface area (Å²) in [5.74, 6) is -0.0910. The monoisotopic (exact) mass is 328 g/mol. The molecular weight excluding hydrogens is 311 g/mol. The third kappa shape index (κ3) is 4.23. The number of thiophene rings is 1. The van der Waals surface area contributed by atoms with Gasteiger partial charge in [0.25, 0.3) is 0 Å². The molecule has 0 fully saturated rings. The second kappa shape index (κ2) is 7.31. The topological polar surface area (TPSA) is 45.1 Å². The van der Waals surface area contributed by atoms with Gasteiger partial charge in [0.05, 0.1) is 27.2 Å². The van der Waals surface area contributed by atoms with Gasteiger partial charge in [-0.3, -0.25) is 0 Å². The van der Waals surface area contributed by atoms with E-state index in [1.807, 2.05) is 19.9 Å². The number of nitrogens with zero attached hydrogens (tertiary/aromatic N) is 1. The van der Waals surface area contributed by atoms with E-state index in [2.05, 4.69) is 10.3 Å². The molecule has 1 atom stereocenters. The molecule has 21 heavy (non-hydrogen) atoms. The van der Waals surface area contributed by atoms with Crippen LogP contribution in [0.1, 0.15) is 19.5 Å². The second-order valence-corrected chi connectivity index (χ2v) is 6.86. The number of halogens is 2. The van der Waals surface area contributed by atoms with Crippen molar-refractivity contribution in [3.8, 4) is 10.6 Å². The van der Waals surface area contributed by atoms with Gasteiger partial charge in [0.1, 0.15) is 5.82 Å². The maximum absolute atomic E-state index is 13.9. The van der Waals surface area contributed by atoms with Gasteiger partial charge in [-0.15, -0.1) is 11.3 Å². The number of aliphatic hydroxyl groups excluding tert-OH is 1. The number of aromatic nitrogens is 1. The van der Waals surface area contributed by atoms with Crippen LogP contribution >= 0.6 is 22.9 Å². The summed E-state index contributed by atoms with van der Waals surface area (Å²) in [5.41, 5.74) is 1.05. The second-order valence-electron chi connectivity index (χ2n) is 5.14. The highest BCUT2D eigenvalue weighted by molar-refractivity contribution is 7.19. The summed E-state index contributed by atoms with van der Waals surface area (Å²) in [6.07, 6.45) is 0. The van der Waals surface area contributed by atoms with Crippen LogP contribution in [0.25, 0.3) is 10.6 Å². The van der Waals surface area contributed by atoms with Gasteiger partial charge >= 0.3 is 0 Å². The molecule has 0 saturated carbocycles.